The Morgan fingerprint density at radius 2 is 1.83 bits per heavy atom. The number of amides is 2. The molecular formula is C26H34N4O5. The van der Waals surface area contributed by atoms with Crippen LogP contribution in [0.15, 0.2) is 23.0 Å². The van der Waals surface area contributed by atoms with Crippen LogP contribution in [0, 0.1) is 5.92 Å². The molecule has 3 heterocycles. The number of aromatic nitrogens is 2. The third kappa shape index (κ3) is 5.55. The van der Waals surface area contributed by atoms with E-state index in [0.717, 1.165) is 37.9 Å². The van der Waals surface area contributed by atoms with Crippen LogP contribution in [-0.2, 0) is 27.3 Å². The Morgan fingerprint density at radius 3 is 2.57 bits per heavy atom. The van der Waals surface area contributed by atoms with Gasteiger partial charge in [-0.3, -0.25) is 23.7 Å². The number of nitrogens with zero attached hydrogens (tertiary/aromatic N) is 4. The molecule has 0 N–H and O–H groups in total. The number of aryl methyl sites for hydroxylation is 1. The summed E-state index contributed by atoms with van der Waals surface area (Å²) >= 11 is 0. The first kappa shape index (κ1) is 24.9. The number of benzene rings is 1. The predicted molar refractivity (Wildman–Crippen MR) is 131 cm³/mol. The molecule has 2 aromatic rings. The summed E-state index contributed by atoms with van der Waals surface area (Å²) in [6, 6.07) is 4.96. The van der Waals surface area contributed by atoms with E-state index in [1.165, 1.54) is 4.90 Å². The van der Waals surface area contributed by atoms with E-state index in [2.05, 4.69) is 0 Å². The van der Waals surface area contributed by atoms with Crippen LogP contribution in [0.4, 0.5) is 0 Å². The van der Waals surface area contributed by atoms with Crippen LogP contribution < -0.4 is 5.56 Å². The third-order valence-electron chi connectivity index (χ3n) is 7.00. The van der Waals surface area contributed by atoms with E-state index in [4.69, 9.17) is 9.72 Å². The van der Waals surface area contributed by atoms with Gasteiger partial charge >= 0.3 is 5.97 Å². The minimum absolute atomic E-state index is 0.0543. The monoisotopic (exact) mass is 482 g/mol. The molecule has 0 spiro atoms. The molecule has 9 heteroatoms. The molecule has 0 aliphatic carbocycles. The zero-order valence-electron chi connectivity index (χ0n) is 20.6. The van der Waals surface area contributed by atoms with Gasteiger partial charge in [-0.15, -0.1) is 0 Å². The summed E-state index contributed by atoms with van der Waals surface area (Å²) in [5.41, 5.74) is 0.866. The van der Waals surface area contributed by atoms with Crippen LogP contribution in [0.1, 0.15) is 61.6 Å². The van der Waals surface area contributed by atoms with E-state index in [9.17, 15) is 19.2 Å². The molecule has 2 amide bonds. The summed E-state index contributed by atoms with van der Waals surface area (Å²) in [4.78, 5) is 58.6. The molecule has 0 unspecified atom stereocenters. The van der Waals surface area contributed by atoms with Gasteiger partial charge in [0.2, 0.25) is 5.91 Å². The number of carbonyl (C=O) groups is 3. The van der Waals surface area contributed by atoms with Crippen molar-refractivity contribution in [3.05, 3.63) is 39.9 Å². The summed E-state index contributed by atoms with van der Waals surface area (Å²) in [7, 11) is 1.60. The molecule has 0 radical (unpaired) electrons. The van der Waals surface area contributed by atoms with Gasteiger partial charge in [-0.1, -0.05) is 12.8 Å². The number of likely N-dealkylation sites (N-methyl/N-ethyl adjacent to an activating group) is 1. The van der Waals surface area contributed by atoms with Gasteiger partial charge in [0, 0.05) is 38.7 Å². The Balaban J connectivity index is 1.43. The predicted octanol–water partition coefficient (Wildman–Crippen LogP) is 2.39. The number of esters is 1. The lowest BCUT2D eigenvalue weighted by Gasteiger charge is -2.32. The third-order valence-corrected chi connectivity index (χ3v) is 7.00. The summed E-state index contributed by atoms with van der Waals surface area (Å²) in [5, 5.41) is 0.508. The fourth-order valence-corrected chi connectivity index (χ4v) is 4.95. The van der Waals surface area contributed by atoms with Crippen LogP contribution in [0.3, 0.4) is 0 Å². The quantitative estimate of drug-likeness (QED) is 0.607. The Bertz CT molecular complexity index is 1170. The maximum absolute atomic E-state index is 13.1. The van der Waals surface area contributed by atoms with Crippen molar-refractivity contribution < 1.29 is 19.1 Å². The largest absolute Gasteiger partial charge is 0.466 e. The number of fused-ring (bicyclic) bond motifs is 2. The van der Waals surface area contributed by atoms with E-state index in [-0.39, 0.29) is 35.8 Å². The number of carbonyl (C=O) groups excluding carboxylic acids is 3. The fraction of sp³-hybridized carbons (Fsp3) is 0.577. The maximum Gasteiger partial charge on any atom is 0.309 e. The van der Waals surface area contributed by atoms with E-state index in [0.29, 0.717) is 55.5 Å². The van der Waals surface area contributed by atoms with Gasteiger partial charge in [0.05, 0.1) is 30.0 Å². The lowest BCUT2D eigenvalue weighted by molar-refractivity contribution is -0.151. The zero-order valence-corrected chi connectivity index (χ0v) is 20.6. The zero-order chi connectivity index (χ0) is 24.9. The number of likely N-dealkylation sites (tertiary alicyclic amines) is 1. The highest BCUT2D eigenvalue weighted by Gasteiger charge is 2.29. The van der Waals surface area contributed by atoms with Crippen molar-refractivity contribution in [3.63, 3.8) is 0 Å². The van der Waals surface area contributed by atoms with Gasteiger partial charge in [-0.05, 0) is 50.8 Å². The molecule has 2 aliphatic rings. The van der Waals surface area contributed by atoms with E-state index in [1.54, 1.807) is 41.6 Å². The summed E-state index contributed by atoms with van der Waals surface area (Å²) in [6.07, 6.45) is 6.10. The van der Waals surface area contributed by atoms with Crippen molar-refractivity contribution in [2.45, 2.75) is 58.4 Å². The fourth-order valence-electron chi connectivity index (χ4n) is 4.95. The van der Waals surface area contributed by atoms with Crippen LogP contribution in [0.2, 0.25) is 0 Å². The first-order valence-corrected chi connectivity index (χ1v) is 12.6. The molecule has 4 rings (SSSR count). The molecule has 9 nitrogen and oxygen atoms in total. The second-order valence-electron chi connectivity index (χ2n) is 9.45. The molecule has 188 valence electrons. The molecule has 0 bridgehead atoms. The van der Waals surface area contributed by atoms with Gasteiger partial charge < -0.3 is 14.5 Å². The highest BCUT2D eigenvalue weighted by Crippen LogP contribution is 2.20. The van der Waals surface area contributed by atoms with Crippen LogP contribution in [0.5, 0.6) is 0 Å². The van der Waals surface area contributed by atoms with Gasteiger partial charge in [-0.2, -0.15) is 0 Å². The SMILES string of the molecule is CCOC(=O)C1CCN(C(=O)CN(C)C(=O)c2ccc3c(=O)n4c(nc3c2)CCCCCC4)CC1. The van der Waals surface area contributed by atoms with E-state index < -0.39 is 0 Å². The Hall–Kier alpha value is -3.23. The number of rotatable bonds is 5. The lowest BCUT2D eigenvalue weighted by atomic mass is 9.97. The Labute approximate surface area is 205 Å². The molecule has 1 aromatic carbocycles. The highest BCUT2D eigenvalue weighted by molar-refractivity contribution is 5.99. The van der Waals surface area contributed by atoms with E-state index >= 15 is 0 Å². The van der Waals surface area contributed by atoms with Gasteiger partial charge in [-0.25, -0.2) is 4.98 Å². The standard InChI is InChI=1S/C26H34N4O5/c1-3-35-26(34)18-11-14-29(15-12-18)23(31)17-28(2)24(32)19-9-10-20-21(16-19)27-22-8-6-4-5-7-13-30(22)25(20)33/h9-10,16,18H,3-8,11-15,17H2,1-2H3. The number of hydrogen-bond donors (Lipinski definition) is 0. The van der Waals surface area contributed by atoms with Gasteiger partial charge in [0.15, 0.2) is 0 Å². The summed E-state index contributed by atoms with van der Waals surface area (Å²) in [5.74, 6) is -0.0469. The second kappa shape index (κ2) is 11.0. The van der Waals surface area contributed by atoms with Crippen LogP contribution in [-0.4, -0.2) is 70.4 Å². The van der Waals surface area contributed by atoms with Gasteiger partial charge in [0.1, 0.15) is 5.82 Å². The Kier molecular flexibility index (Phi) is 7.83. The first-order valence-electron chi connectivity index (χ1n) is 12.6. The highest BCUT2D eigenvalue weighted by atomic mass is 16.5. The molecular weight excluding hydrogens is 448 g/mol. The van der Waals surface area contributed by atoms with Crippen molar-refractivity contribution in [2.24, 2.45) is 5.92 Å². The number of piperidine rings is 1. The number of ether oxygens (including phenoxy) is 1. The molecule has 0 atom stereocenters. The molecule has 1 aromatic heterocycles. The lowest BCUT2D eigenvalue weighted by Crippen LogP contribution is -2.45. The topological polar surface area (TPSA) is 102 Å². The van der Waals surface area contributed by atoms with Crippen molar-refractivity contribution in [3.8, 4) is 0 Å². The van der Waals surface area contributed by atoms with Gasteiger partial charge in [0.25, 0.3) is 11.5 Å². The van der Waals surface area contributed by atoms with Crippen LogP contribution >= 0.6 is 0 Å². The molecule has 1 saturated heterocycles. The number of hydrogen-bond acceptors (Lipinski definition) is 6. The maximum atomic E-state index is 13.1. The Morgan fingerprint density at radius 1 is 1.09 bits per heavy atom. The minimum atomic E-state index is -0.296. The summed E-state index contributed by atoms with van der Waals surface area (Å²) < 4.78 is 6.86. The first-order chi connectivity index (χ1) is 16.9. The molecule has 35 heavy (non-hydrogen) atoms. The van der Waals surface area contributed by atoms with Crippen molar-refractivity contribution >= 4 is 28.7 Å². The molecule has 2 aliphatic heterocycles. The normalized spacial score (nSPS) is 16.8. The average molecular weight is 483 g/mol. The molecule has 0 saturated carbocycles. The van der Waals surface area contributed by atoms with Crippen molar-refractivity contribution in [1.29, 1.82) is 0 Å². The smallest absolute Gasteiger partial charge is 0.309 e. The minimum Gasteiger partial charge on any atom is -0.466 e. The van der Waals surface area contributed by atoms with Crippen molar-refractivity contribution in [1.82, 2.24) is 19.4 Å². The van der Waals surface area contributed by atoms with Crippen molar-refractivity contribution in [2.75, 3.05) is 33.3 Å². The second-order valence-corrected chi connectivity index (χ2v) is 9.45. The molecule has 1 fully saturated rings. The summed E-state index contributed by atoms with van der Waals surface area (Å²) in [6.45, 7) is 3.70. The average Bonchev–Trinajstić information content (AvgIpc) is 2.84. The van der Waals surface area contributed by atoms with Crippen LogP contribution in [0.25, 0.3) is 10.9 Å². The van der Waals surface area contributed by atoms with E-state index in [1.807, 2.05) is 0 Å².